The van der Waals surface area contributed by atoms with Crippen LogP contribution in [0.2, 0.25) is 0 Å². The Balaban J connectivity index is 1.35. The summed E-state index contributed by atoms with van der Waals surface area (Å²) in [6.45, 7) is 0. The van der Waals surface area contributed by atoms with Crippen LogP contribution in [0.5, 0.6) is 0 Å². The van der Waals surface area contributed by atoms with Gasteiger partial charge < -0.3 is 13.6 Å². The highest BCUT2D eigenvalue weighted by molar-refractivity contribution is 6.17. The molecule has 0 aliphatic carbocycles. The molecule has 0 amide bonds. The van der Waals surface area contributed by atoms with Crippen molar-refractivity contribution >= 4 is 65.6 Å². The summed E-state index contributed by atoms with van der Waals surface area (Å²) in [5, 5.41) is 6.74. The summed E-state index contributed by atoms with van der Waals surface area (Å²) in [4.78, 5) is 11.0. The fourth-order valence-corrected chi connectivity index (χ4v) is 8.86. The average molecular weight is 729 g/mol. The van der Waals surface area contributed by atoms with Crippen LogP contribution in [0.3, 0.4) is 0 Å². The van der Waals surface area contributed by atoms with Gasteiger partial charge in [0.05, 0.1) is 50.4 Å². The van der Waals surface area contributed by atoms with E-state index in [0.29, 0.717) is 5.82 Å². The van der Waals surface area contributed by atoms with Crippen molar-refractivity contribution < 1.29 is 4.42 Å². The Labute approximate surface area is 327 Å². The van der Waals surface area contributed by atoms with Crippen LogP contribution in [0.15, 0.2) is 199 Å². The van der Waals surface area contributed by atoms with Gasteiger partial charge in [-0.1, -0.05) is 152 Å². The van der Waals surface area contributed by atoms with Crippen LogP contribution in [0.1, 0.15) is 0 Å². The fourth-order valence-electron chi connectivity index (χ4n) is 8.86. The molecular weight excluding hydrogens is 697 g/mol. The second kappa shape index (κ2) is 12.4. The number of hydrogen-bond donors (Lipinski definition) is 0. The van der Waals surface area contributed by atoms with E-state index in [4.69, 9.17) is 14.4 Å². The first-order valence-electron chi connectivity index (χ1n) is 19.3. The van der Waals surface area contributed by atoms with E-state index in [0.717, 1.165) is 83.5 Å². The number of rotatable bonds is 5. The van der Waals surface area contributed by atoms with Crippen LogP contribution in [0.4, 0.5) is 0 Å². The molecular formula is C52H32N4O. The van der Waals surface area contributed by atoms with Crippen molar-refractivity contribution in [2.45, 2.75) is 0 Å². The first-order valence-corrected chi connectivity index (χ1v) is 19.3. The van der Waals surface area contributed by atoms with Gasteiger partial charge in [0.2, 0.25) is 0 Å². The second-order valence-electron chi connectivity index (χ2n) is 14.5. The Hall–Kier alpha value is -7.76. The molecule has 4 heterocycles. The topological polar surface area (TPSA) is 48.8 Å². The van der Waals surface area contributed by atoms with Gasteiger partial charge in [0.25, 0.3) is 0 Å². The predicted molar refractivity (Wildman–Crippen MR) is 234 cm³/mol. The van der Waals surface area contributed by atoms with Crippen LogP contribution in [0, 0.1) is 0 Å². The number of furan rings is 1. The van der Waals surface area contributed by atoms with Gasteiger partial charge in [-0.2, -0.15) is 0 Å². The van der Waals surface area contributed by atoms with Crippen molar-refractivity contribution in [2.24, 2.45) is 0 Å². The van der Waals surface area contributed by atoms with Crippen LogP contribution in [-0.4, -0.2) is 19.1 Å². The van der Waals surface area contributed by atoms with Crippen molar-refractivity contribution in [3.05, 3.63) is 194 Å². The molecule has 5 nitrogen and oxygen atoms in total. The molecule has 0 atom stereocenters. The number of nitrogens with zero attached hydrogens (tertiary/aromatic N) is 4. The molecule has 12 rings (SSSR count). The minimum absolute atomic E-state index is 0.582. The molecule has 8 aromatic carbocycles. The summed E-state index contributed by atoms with van der Waals surface area (Å²) in [5.41, 5.74) is 12.4. The number of aromatic nitrogens is 4. The van der Waals surface area contributed by atoms with Crippen LogP contribution < -0.4 is 0 Å². The molecule has 0 saturated carbocycles. The highest BCUT2D eigenvalue weighted by Gasteiger charge is 2.29. The molecule has 0 aliphatic rings. The third-order valence-corrected chi connectivity index (χ3v) is 11.3. The molecule has 4 aromatic heterocycles. The lowest BCUT2D eigenvalue weighted by molar-refractivity contribution is 0.669. The van der Waals surface area contributed by atoms with Gasteiger partial charge in [-0.3, -0.25) is 0 Å². The molecule has 0 bridgehead atoms. The summed E-state index contributed by atoms with van der Waals surface area (Å²) >= 11 is 0. The van der Waals surface area contributed by atoms with Gasteiger partial charge in [-0.15, -0.1) is 0 Å². The van der Waals surface area contributed by atoms with Crippen molar-refractivity contribution in [1.29, 1.82) is 0 Å². The Morgan fingerprint density at radius 3 is 1.30 bits per heavy atom. The van der Waals surface area contributed by atoms with E-state index in [1.807, 2.05) is 18.2 Å². The van der Waals surface area contributed by atoms with Gasteiger partial charge >= 0.3 is 0 Å². The molecule has 57 heavy (non-hydrogen) atoms. The lowest BCUT2D eigenvalue weighted by atomic mass is 10.0. The number of fused-ring (bicyclic) bond motifs is 9. The van der Waals surface area contributed by atoms with Gasteiger partial charge in [-0.25, -0.2) is 9.97 Å². The van der Waals surface area contributed by atoms with Gasteiger partial charge in [0, 0.05) is 43.4 Å². The minimum Gasteiger partial charge on any atom is -0.455 e. The smallest absolute Gasteiger partial charge is 0.166 e. The van der Waals surface area contributed by atoms with Gasteiger partial charge in [-0.05, 0) is 42.5 Å². The maximum absolute atomic E-state index is 7.04. The highest BCUT2D eigenvalue weighted by atomic mass is 16.3. The molecule has 0 spiro atoms. The minimum atomic E-state index is 0.582. The van der Waals surface area contributed by atoms with Crippen LogP contribution in [0.25, 0.3) is 111 Å². The molecule has 0 aliphatic heterocycles. The summed E-state index contributed by atoms with van der Waals surface area (Å²) in [6, 6.07) is 68.2. The predicted octanol–water partition coefficient (Wildman–Crippen LogP) is 13.6. The normalized spacial score (nSPS) is 11.9. The van der Waals surface area contributed by atoms with E-state index in [9.17, 15) is 0 Å². The van der Waals surface area contributed by atoms with Crippen molar-refractivity contribution in [2.75, 3.05) is 0 Å². The first kappa shape index (κ1) is 31.6. The quantitative estimate of drug-likeness (QED) is 0.177. The van der Waals surface area contributed by atoms with Crippen LogP contribution in [-0.2, 0) is 0 Å². The molecule has 0 saturated heterocycles. The van der Waals surface area contributed by atoms with E-state index in [1.165, 1.54) is 21.5 Å². The Morgan fingerprint density at radius 1 is 0.368 bits per heavy atom. The van der Waals surface area contributed by atoms with E-state index in [-0.39, 0.29) is 0 Å². The summed E-state index contributed by atoms with van der Waals surface area (Å²) < 4.78 is 11.9. The van der Waals surface area contributed by atoms with Gasteiger partial charge in [0.1, 0.15) is 11.2 Å². The number of hydrogen-bond acceptors (Lipinski definition) is 3. The lowest BCUT2D eigenvalue weighted by Gasteiger charge is -2.21. The lowest BCUT2D eigenvalue weighted by Crippen LogP contribution is -2.08. The monoisotopic (exact) mass is 728 g/mol. The fraction of sp³-hybridized carbons (Fsp3) is 0. The average Bonchev–Trinajstić information content (AvgIpc) is 3.94. The summed E-state index contributed by atoms with van der Waals surface area (Å²) in [6.07, 6.45) is 0. The third kappa shape index (κ3) is 4.76. The number of para-hydroxylation sites is 5. The Kier molecular flexibility index (Phi) is 6.86. The number of benzene rings is 8. The van der Waals surface area contributed by atoms with Crippen molar-refractivity contribution in [3.8, 4) is 45.3 Å². The zero-order chi connectivity index (χ0) is 37.5. The van der Waals surface area contributed by atoms with E-state index in [1.54, 1.807) is 0 Å². The van der Waals surface area contributed by atoms with E-state index in [2.05, 4.69) is 185 Å². The van der Waals surface area contributed by atoms with Crippen LogP contribution >= 0.6 is 0 Å². The molecule has 0 N–H and O–H groups in total. The molecule has 12 aromatic rings. The summed E-state index contributed by atoms with van der Waals surface area (Å²) in [5.74, 6) is 0.582. The zero-order valence-corrected chi connectivity index (χ0v) is 30.7. The standard InChI is InChI=1S/C52H32N4O/c1-3-17-33(18-4-1)41-32-42(34-19-5-2-6-20-34)54-52(53-41)49-50(56-45-28-14-9-23-37(45)38-24-10-15-29-46(38)56)47(31-40-39-25-11-16-30-48(39)57-51(40)49)55-43-26-12-7-21-35(43)36-22-8-13-27-44(36)55/h1-32H. The summed E-state index contributed by atoms with van der Waals surface area (Å²) in [7, 11) is 0. The maximum atomic E-state index is 7.04. The highest BCUT2D eigenvalue weighted by Crippen LogP contribution is 2.47. The maximum Gasteiger partial charge on any atom is 0.166 e. The Morgan fingerprint density at radius 2 is 0.789 bits per heavy atom. The van der Waals surface area contributed by atoms with E-state index >= 15 is 0 Å². The molecule has 0 unspecified atom stereocenters. The third-order valence-electron chi connectivity index (χ3n) is 11.3. The molecule has 0 fully saturated rings. The molecule has 0 radical (unpaired) electrons. The van der Waals surface area contributed by atoms with Crippen molar-refractivity contribution in [1.82, 2.24) is 19.1 Å². The van der Waals surface area contributed by atoms with Crippen molar-refractivity contribution in [3.63, 3.8) is 0 Å². The zero-order valence-electron chi connectivity index (χ0n) is 30.7. The SMILES string of the molecule is c1ccc(-c2cc(-c3ccccc3)nc(-c3c(-n4c5ccccc5c5ccccc54)c(-n4c5ccccc5c5ccccc54)cc4c3oc3ccccc34)n2)cc1. The van der Waals surface area contributed by atoms with Gasteiger partial charge in [0.15, 0.2) is 5.82 Å². The van der Waals surface area contributed by atoms with E-state index < -0.39 is 0 Å². The Bertz CT molecular complexity index is 3360. The first-order chi connectivity index (χ1) is 28.3. The second-order valence-corrected chi connectivity index (χ2v) is 14.5. The molecule has 5 heteroatoms. The largest absolute Gasteiger partial charge is 0.455 e. The molecule has 266 valence electrons.